The average Bonchev–Trinajstić information content (AvgIpc) is 4.41. The molecule has 460 valence electrons. The molecule has 4 aliphatic rings. The molecule has 0 spiro atoms. The number of hydrogen-bond donors (Lipinski definition) is 2. The van der Waals surface area contributed by atoms with Gasteiger partial charge in [-0.2, -0.15) is 0 Å². The summed E-state index contributed by atoms with van der Waals surface area (Å²) in [6.45, 7) is 3.93. The molecule has 4 saturated heterocycles. The molecule has 0 amide bonds. The van der Waals surface area contributed by atoms with Gasteiger partial charge in [0.05, 0.1) is 23.9 Å². The molecule has 4 heterocycles. The average molecular weight is 1290 g/mol. The lowest BCUT2D eigenvalue weighted by Crippen LogP contribution is -2.37. The molecule has 0 radical (unpaired) electrons. The number of hydrogen-bond acceptors (Lipinski definition) is 18. The van der Waals surface area contributed by atoms with Gasteiger partial charge in [-0.25, -0.2) is 0 Å². The SMILES string of the molecule is CC(COC(=O)CCCCC1CCSS1)(COC(=O)CCCCC1CCSS1)COC(=O)CCCc1ccccc1.CC(COC(=O)CCCc1ccccc1)(CC(CCCC1CCSS1)C(=O)O)CC(CCCC1CCSS1)C(=O)O. The second-order valence-electron chi connectivity index (χ2n) is 23.1. The van der Waals surface area contributed by atoms with Crippen molar-refractivity contribution in [2.45, 2.75) is 202 Å². The van der Waals surface area contributed by atoms with Crippen LogP contribution in [0.4, 0.5) is 0 Å². The highest BCUT2D eigenvalue weighted by Gasteiger charge is 2.38. The molecule has 82 heavy (non-hydrogen) atoms. The zero-order valence-electron chi connectivity index (χ0n) is 48.5. The van der Waals surface area contributed by atoms with Gasteiger partial charge in [0.2, 0.25) is 0 Å². The van der Waals surface area contributed by atoms with Gasteiger partial charge in [0.25, 0.3) is 0 Å². The molecule has 4 fully saturated rings. The molecule has 4 aliphatic heterocycles. The molecule has 2 aromatic rings. The summed E-state index contributed by atoms with van der Waals surface area (Å²) in [7, 11) is 15.4. The summed E-state index contributed by atoms with van der Waals surface area (Å²) in [6, 6.07) is 20.0. The third-order valence-corrected chi connectivity index (χ3v) is 27.3. The number of unbranched alkanes of at least 4 members (excludes halogenated alkanes) is 2. The van der Waals surface area contributed by atoms with Crippen molar-refractivity contribution in [1.82, 2.24) is 0 Å². The summed E-state index contributed by atoms with van der Waals surface area (Å²) >= 11 is 0. The van der Waals surface area contributed by atoms with Gasteiger partial charge in [0, 0.05) is 75.1 Å². The largest absolute Gasteiger partial charge is 0.481 e. The Labute approximate surface area is 521 Å². The molecule has 0 bridgehead atoms. The standard InChI is InChI=1S/2C31H46O6S4/c1-31(20-24(29(33)34)11-6-13-26-16-18-38-40-26,21-25(30(35)36)12-7-14-27-17-19-39-41-27)22-37-28(32)15-5-10-23-8-3-2-4-9-23;1-31(22-35-28(32)15-7-5-13-26-18-20-38-40-26,23-36-29(33)16-8-6-14-27-19-21-39-41-27)24-37-30(34)17-9-12-25-10-3-2-4-11-25/h2-4,8-9,24-27H,5-7,10-22H2,1H3,(H,33,34)(H,35,36);2-4,10-11,26-27H,5-9,12-24H2,1H3. The number of aryl methyl sites for hydroxylation is 2. The number of carboxylic acid groups (broad SMARTS) is 2. The maximum atomic E-state index is 12.7. The normalized spacial score (nSPS) is 20.8. The molecule has 0 aromatic heterocycles. The highest BCUT2D eigenvalue weighted by Crippen LogP contribution is 2.44. The molecule has 0 aliphatic carbocycles. The number of aliphatic carboxylic acids is 2. The second kappa shape index (κ2) is 41.3. The van der Waals surface area contributed by atoms with Crippen molar-refractivity contribution in [3.8, 4) is 0 Å². The minimum Gasteiger partial charge on any atom is -0.481 e. The first-order valence-electron chi connectivity index (χ1n) is 29.9. The molecule has 20 heteroatoms. The predicted molar refractivity (Wildman–Crippen MR) is 349 cm³/mol. The third kappa shape index (κ3) is 31.1. The van der Waals surface area contributed by atoms with Crippen molar-refractivity contribution in [2.75, 3.05) is 49.4 Å². The molecule has 6 atom stereocenters. The van der Waals surface area contributed by atoms with E-state index in [2.05, 4.69) is 0 Å². The molecule has 6 rings (SSSR count). The summed E-state index contributed by atoms with van der Waals surface area (Å²) in [6.07, 6.45) is 20.5. The maximum Gasteiger partial charge on any atom is 0.306 e. The lowest BCUT2D eigenvalue weighted by Gasteiger charge is -2.34. The molecule has 12 nitrogen and oxygen atoms in total. The zero-order valence-corrected chi connectivity index (χ0v) is 55.1. The number of benzene rings is 2. The van der Waals surface area contributed by atoms with Gasteiger partial charge in [-0.3, -0.25) is 28.8 Å². The van der Waals surface area contributed by atoms with Gasteiger partial charge >= 0.3 is 35.8 Å². The van der Waals surface area contributed by atoms with Crippen LogP contribution in [0.5, 0.6) is 0 Å². The summed E-state index contributed by atoms with van der Waals surface area (Å²) < 4.78 is 22.5. The van der Waals surface area contributed by atoms with Crippen LogP contribution in [0, 0.1) is 22.7 Å². The van der Waals surface area contributed by atoms with E-state index < -0.39 is 34.6 Å². The van der Waals surface area contributed by atoms with Crippen molar-refractivity contribution < 1.29 is 57.9 Å². The Balaban J connectivity index is 0.000000301. The highest BCUT2D eigenvalue weighted by molar-refractivity contribution is 8.78. The first-order chi connectivity index (χ1) is 39.7. The summed E-state index contributed by atoms with van der Waals surface area (Å²) in [5, 5.41) is 22.8. The Hall–Kier alpha value is -1.94. The number of carbonyl (C=O) groups is 6. The molecule has 6 unspecified atom stereocenters. The van der Waals surface area contributed by atoms with Crippen LogP contribution >= 0.6 is 86.4 Å². The van der Waals surface area contributed by atoms with Gasteiger partial charge in [0.1, 0.15) is 19.8 Å². The van der Waals surface area contributed by atoms with Crippen molar-refractivity contribution in [2.24, 2.45) is 22.7 Å². The quantitative estimate of drug-likeness (QED) is 0.0278. The molecule has 2 N–H and O–H groups in total. The van der Waals surface area contributed by atoms with E-state index >= 15 is 0 Å². The van der Waals surface area contributed by atoms with Crippen LogP contribution in [0.2, 0.25) is 0 Å². The number of esters is 4. The van der Waals surface area contributed by atoms with Crippen LogP contribution in [0.15, 0.2) is 60.7 Å². The van der Waals surface area contributed by atoms with Crippen molar-refractivity contribution >= 4 is 122 Å². The summed E-state index contributed by atoms with van der Waals surface area (Å²) in [4.78, 5) is 74.8. The van der Waals surface area contributed by atoms with E-state index in [1.807, 2.05) is 161 Å². The molecule has 0 saturated carbocycles. The van der Waals surface area contributed by atoms with Crippen molar-refractivity contribution in [3.05, 3.63) is 71.8 Å². The third-order valence-electron chi connectivity index (χ3n) is 15.3. The predicted octanol–water partition coefficient (Wildman–Crippen LogP) is 16.5. The van der Waals surface area contributed by atoms with E-state index in [0.29, 0.717) is 78.8 Å². The topological polar surface area (TPSA) is 180 Å². The second-order valence-corrected chi connectivity index (χ2v) is 34.2. The van der Waals surface area contributed by atoms with E-state index in [-0.39, 0.29) is 56.7 Å². The fourth-order valence-corrected chi connectivity index (χ4v) is 22.4. The zero-order chi connectivity index (χ0) is 58.7. The minimum absolute atomic E-state index is 0.0326. The Morgan fingerprint density at radius 3 is 1.05 bits per heavy atom. The maximum absolute atomic E-state index is 12.7. The van der Waals surface area contributed by atoms with Crippen LogP contribution in [0.3, 0.4) is 0 Å². The lowest BCUT2D eigenvalue weighted by molar-refractivity contribution is -0.161. The number of carbonyl (C=O) groups excluding carboxylic acids is 4. The number of rotatable bonds is 40. The fraction of sp³-hybridized carbons (Fsp3) is 0.710. The number of ether oxygens (including phenoxy) is 4. The van der Waals surface area contributed by atoms with E-state index in [4.69, 9.17) is 18.9 Å². The smallest absolute Gasteiger partial charge is 0.306 e. The minimum atomic E-state index is -0.846. The van der Waals surface area contributed by atoms with Crippen LogP contribution in [0.25, 0.3) is 0 Å². The Kier molecular flexibility index (Phi) is 35.6. The van der Waals surface area contributed by atoms with Crippen molar-refractivity contribution in [1.29, 1.82) is 0 Å². The van der Waals surface area contributed by atoms with E-state index in [0.717, 1.165) is 88.6 Å². The van der Waals surface area contributed by atoms with Crippen molar-refractivity contribution in [3.63, 3.8) is 0 Å². The first kappa shape index (κ1) is 70.8. The molecular weight excluding hydrogens is 1190 g/mol. The summed E-state index contributed by atoms with van der Waals surface area (Å²) in [5.74, 6) is 0.767. The van der Waals surface area contributed by atoms with Gasteiger partial charge in [0.15, 0.2) is 0 Å². The van der Waals surface area contributed by atoms with E-state index in [1.54, 1.807) is 0 Å². The van der Waals surface area contributed by atoms with Gasteiger partial charge in [-0.05, 0) is 134 Å². The monoisotopic (exact) mass is 1280 g/mol. The highest BCUT2D eigenvalue weighted by atomic mass is 33.1. The first-order valence-corrected chi connectivity index (χ1v) is 39.5. The lowest BCUT2D eigenvalue weighted by atomic mass is 9.73. The van der Waals surface area contributed by atoms with E-state index in [9.17, 15) is 39.0 Å². The Morgan fingerprint density at radius 1 is 0.439 bits per heavy atom. The van der Waals surface area contributed by atoms with Gasteiger partial charge < -0.3 is 29.2 Å². The van der Waals surface area contributed by atoms with Gasteiger partial charge in [-0.15, -0.1) is 0 Å². The molecule has 2 aromatic carbocycles. The Morgan fingerprint density at radius 2 is 0.744 bits per heavy atom. The van der Waals surface area contributed by atoms with Crippen LogP contribution in [-0.4, -0.2) is 116 Å². The van der Waals surface area contributed by atoms with Crippen LogP contribution < -0.4 is 0 Å². The van der Waals surface area contributed by atoms with E-state index in [1.165, 1.54) is 48.3 Å². The van der Waals surface area contributed by atoms with Crippen LogP contribution in [0.1, 0.15) is 179 Å². The number of carboxylic acids is 2. The van der Waals surface area contributed by atoms with Crippen LogP contribution in [-0.2, 0) is 60.6 Å². The van der Waals surface area contributed by atoms with Gasteiger partial charge in [-0.1, -0.05) is 180 Å². The molecular formula is C62H92O12S8. The fourth-order valence-electron chi connectivity index (χ4n) is 10.3. The summed E-state index contributed by atoms with van der Waals surface area (Å²) in [5.41, 5.74) is 0.834. The Bertz CT molecular complexity index is 2050.